The van der Waals surface area contributed by atoms with E-state index in [1.165, 1.54) is 45.3 Å². The van der Waals surface area contributed by atoms with Crippen LogP contribution < -0.4 is 10.6 Å². The maximum absolute atomic E-state index is 5.41. The number of ether oxygens (including phenoxy) is 1. The van der Waals surface area contributed by atoms with Crippen LogP contribution in [0.25, 0.3) is 0 Å². The maximum Gasteiger partial charge on any atom is 0.0469 e. The van der Waals surface area contributed by atoms with E-state index in [1.807, 2.05) is 0 Å². The molecule has 0 aromatic carbocycles. The fourth-order valence-electron chi connectivity index (χ4n) is 2.82. The molecule has 2 saturated heterocycles. The molecule has 16 heavy (non-hydrogen) atoms. The zero-order valence-electron chi connectivity index (χ0n) is 10.5. The van der Waals surface area contributed by atoms with E-state index in [4.69, 9.17) is 4.74 Å². The fourth-order valence-corrected chi connectivity index (χ4v) is 2.82. The summed E-state index contributed by atoms with van der Waals surface area (Å²) in [4.78, 5) is 0. The first-order valence-corrected chi connectivity index (χ1v) is 6.88. The van der Waals surface area contributed by atoms with E-state index in [0.29, 0.717) is 6.04 Å². The summed E-state index contributed by atoms with van der Waals surface area (Å²) in [5, 5.41) is 7.16. The van der Waals surface area contributed by atoms with Crippen LogP contribution in [-0.2, 0) is 4.74 Å². The Balaban J connectivity index is 1.63. The molecule has 0 aliphatic carbocycles. The summed E-state index contributed by atoms with van der Waals surface area (Å²) in [6.07, 6.45) is 5.15. The van der Waals surface area contributed by atoms with Gasteiger partial charge in [-0.05, 0) is 64.1 Å². The predicted molar refractivity (Wildman–Crippen MR) is 66.6 cm³/mol. The van der Waals surface area contributed by atoms with Gasteiger partial charge in [-0.25, -0.2) is 0 Å². The number of hydrogen-bond acceptors (Lipinski definition) is 3. The van der Waals surface area contributed by atoms with Crippen LogP contribution in [0, 0.1) is 11.8 Å². The predicted octanol–water partition coefficient (Wildman–Crippen LogP) is 1.39. The van der Waals surface area contributed by atoms with E-state index in [1.54, 1.807) is 0 Å². The van der Waals surface area contributed by atoms with Crippen LogP contribution in [0.1, 0.15) is 32.6 Å². The Kier molecular flexibility index (Phi) is 5.07. The molecule has 2 fully saturated rings. The Hall–Kier alpha value is -0.120. The molecule has 2 rings (SSSR count). The summed E-state index contributed by atoms with van der Waals surface area (Å²) in [6, 6.07) is 0.666. The first-order valence-electron chi connectivity index (χ1n) is 6.88. The van der Waals surface area contributed by atoms with Gasteiger partial charge in [-0.15, -0.1) is 0 Å². The minimum Gasteiger partial charge on any atom is -0.381 e. The van der Waals surface area contributed by atoms with Crippen LogP contribution in [-0.4, -0.2) is 38.9 Å². The highest BCUT2D eigenvalue weighted by Crippen LogP contribution is 2.19. The van der Waals surface area contributed by atoms with Crippen LogP contribution in [0.3, 0.4) is 0 Å². The first kappa shape index (κ1) is 12.3. The molecule has 2 aliphatic rings. The molecule has 0 bridgehead atoms. The maximum atomic E-state index is 5.41. The van der Waals surface area contributed by atoms with Crippen LogP contribution in [0.2, 0.25) is 0 Å². The second kappa shape index (κ2) is 6.58. The summed E-state index contributed by atoms with van der Waals surface area (Å²) in [5.74, 6) is 1.72. The topological polar surface area (TPSA) is 33.3 Å². The zero-order chi connectivity index (χ0) is 11.2. The van der Waals surface area contributed by atoms with Crippen molar-refractivity contribution in [3.05, 3.63) is 0 Å². The monoisotopic (exact) mass is 226 g/mol. The summed E-state index contributed by atoms with van der Waals surface area (Å²) in [5.41, 5.74) is 0. The molecule has 2 N–H and O–H groups in total. The Bertz CT molecular complexity index is 186. The van der Waals surface area contributed by atoms with Gasteiger partial charge in [-0.3, -0.25) is 0 Å². The molecule has 3 nitrogen and oxygen atoms in total. The molecule has 0 spiro atoms. The van der Waals surface area contributed by atoms with E-state index in [9.17, 15) is 0 Å². The molecular weight excluding hydrogens is 200 g/mol. The molecule has 2 aliphatic heterocycles. The Morgan fingerprint density at radius 1 is 1.19 bits per heavy atom. The van der Waals surface area contributed by atoms with Gasteiger partial charge in [0.1, 0.15) is 0 Å². The fraction of sp³-hybridized carbons (Fsp3) is 1.00. The Morgan fingerprint density at radius 3 is 2.56 bits per heavy atom. The van der Waals surface area contributed by atoms with Gasteiger partial charge in [-0.1, -0.05) is 0 Å². The Morgan fingerprint density at radius 2 is 1.88 bits per heavy atom. The average Bonchev–Trinajstić information content (AvgIpc) is 2.38. The third kappa shape index (κ3) is 3.72. The number of nitrogens with one attached hydrogen (secondary N) is 2. The van der Waals surface area contributed by atoms with Gasteiger partial charge in [0.05, 0.1) is 0 Å². The summed E-state index contributed by atoms with van der Waals surface area (Å²) in [6.45, 7) is 7.89. The van der Waals surface area contributed by atoms with Gasteiger partial charge >= 0.3 is 0 Å². The van der Waals surface area contributed by atoms with Crippen LogP contribution in [0.4, 0.5) is 0 Å². The second-order valence-electron chi connectivity index (χ2n) is 5.34. The van der Waals surface area contributed by atoms with E-state index in [0.717, 1.165) is 25.0 Å². The van der Waals surface area contributed by atoms with Crippen molar-refractivity contribution in [2.45, 2.75) is 38.6 Å². The molecule has 0 saturated carbocycles. The van der Waals surface area contributed by atoms with Crippen molar-refractivity contribution < 1.29 is 4.74 Å². The van der Waals surface area contributed by atoms with E-state index < -0.39 is 0 Å². The lowest BCUT2D eigenvalue weighted by atomic mass is 9.91. The summed E-state index contributed by atoms with van der Waals surface area (Å²) >= 11 is 0. The molecule has 0 aromatic rings. The third-order valence-corrected chi connectivity index (χ3v) is 4.16. The molecule has 3 heteroatoms. The van der Waals surface area contributed by atoms with Crippen LogP contribution >= 0.6 is 0 Å². The number of piperidine rings is 1. The molecule has 0 aromatic heterocycles. The van der Waals surface area contributed by atoms with Crippen molar-refractivity contribution >= 4 is 0 Å². The van der Waals surface area contributed by atoms with E-state index >= 15 is 0 Å². The highest BCUT2D eigenvalue weighted by molar-refractivity contribution is 4.77. The third-order valence-electron chi connectivity index (χ3n) is 4.16. The number of rotatable bonds is 4. The molecule has 2 heterocycles. The smallest absolute Gasteiger partial charge is 0.0469 e. The molecule has 1 atom stereocenters. The minimum absolute atomic E-state index is 0.666. The molecule has 0 radical (unpaired) electrons. The Labute approximate surface area is 99.3 Å². The first-order chi connectivity index (χ1) is 7.86. The van der Waals surface area contributed by atoms with Crippen molar-refractivity contribution in [2.24, 2.45) is 11.8 Å². The van der Waals surface area contributed by atoms with Gasteiger partial charge in [0.25, 0.3) is 0 Å². The molecule has 94 valence electrons. The van der Waals surface area contributed by atoms with Gasteiger partial charge in [-0.2, -0.15) is 0 Å². The van der Waals surface area contributed by atoms with Crippen molar-refractivity contribution in [3.8, 4) is 0 Å². The lowest BCUT2D eigenvalue weighted by Crippen LogP contribution is -2.41. The normalized spacial score (nSPS) is 26.8. The number of hydrogen-bond donors (Lipinski definition) is 2. The highest BCUT2D eigenvalue weighted by Gasteiger charge is 2.21. The van der Waals surface area contributed by atoms with E-state index in [2.05, 4.69) is 17.6 Å². The molecular formula is C13H26N2O. The largest absolute Gasteiger partial charge is 0.381 e. The van der Waals surface area contributed by atoms with Gasteiger partial charge < -0.3 is 15.4 Å². The molecule has 0 amide bonds. The van der Waals surface area contributed by atoms with Crippen LogP contribution in [0.5, 0.6) is 0 Å². The summed E-state index contributed by atoms with van der Waals surface area (Å²) in [7, 11) is 0. The standard InChI is InChI=1S/C13H26N2O/c1-11(13-4-8-16-9-5-13)15-10-12-2-6-14-7-3-12/h11-15H,2-10H2,1H3. The molecule has 1 unspecified atom stereocenters. The van der Waals surface area contributed by atoms with Crippen molar-refractivity contribution in [1.29, 1.82) is 0 Å². The van der Waals surface area contributed by atoms with Crippen molar-refractivity contribution in [3.63, 3.8) is 0 Å². The lowest BCUT2D eigenvalue weighted by Gasteiger charge is -2.31. The van der Waals surface area contributed by atoms with Gasteiger partial charge in [0.15, 0.2) is 0 Å². The van der Waals surface area contributed by atoms with Crippen molar-refractivity contribution in [2.75, 3.05) is 32.8 Å². The highest BCUT2D eigenvalue weighted by atomic mass is 16.5. The summed E-state index contributed by atoms with van der Waals surface area (Å²) < 4.78 is 5.41. The van der Waals surface area contributed by atoms with Gasteiger partial charge in [0, 0.05) is 19.3 Å². The quantitative estimate of drug-likeness (QED) is 0.760. The second-order valence-corrected chi connectivity index (χ2v) is 5.34. The SMILES string of the molecule is CC(NCC1CCNCC1)C1CCOCC1. The van der Waals surface area contributed by atoms with Crippen LogP contribution in [0.15, 0.2) is 0 Å². The van der Waals surface area contributed by atoms with Gasteiger partial charge in [0.2, 0.25) is 0 Å². The zero-order valence-corrected chi connectivity index (χ0v) is 10.5. The minimum atomic E-state index is 0.666. The average molecular weight is 226 g/mol. The van der Waals surface area contributed by atoms with E-state index in [-0.39, 0.29) is 0 Å². The lowest BCUT2D eigenvalue weighted by molar-refractivity contribution is 0.0553. The van der Waals surface area contributed by atoms with Crippen molar-refractivity contribution in [1.82, 2.24) is 10.6 Å².